The van der Waals surface area contributed by atoms with Crippen molar-refractivity contribution in [3.8, 4) is 0 Å². The van der Waals surface area contributed by atoms with Gasteiger partial charge in [-0.2, -0.15) is 0 Å². The summed E-state index contributed by atoms with van der Waals surface area (Å²) in [6.45, 7) is 0. The Morgan fingerprint density at radius 2 is 2.00 bits per heavy atom. The van der Waals surface area contributed by atoms with Gasteiger partial charge in [0.25, 0.3) is 0 Å². The molecule has 1 aromatic carbocycles. The number of benzene rings is 1. The fourth-order valence-corrected chi connectivity index (χ4v) is 5.07. The van der Waals surface area contributed by atoms with E-state index in [1.807, 2.05) is 24.4 Å². The SMILES string of the molecule is NC1C2CCC(C2)C1C(=O)Nc1ccc(SCc2cccnc2)cc1. The summed E-state index contributed by atoms with van der Waals surface area (Å²) in [7, 11) is 0. The van der Waals surface area contributed by atoms with Crippen molar-refractivity contribution in [3.63, 3.8) is 0 Å². The number of aromatic nitrogens is 1. The van der Waals surface area contributed by atoms with E-state index in [2.05, 4.69) is 28.5 Å². The summed E-state index contributed by atoms with van der Waals surface area (Å²) < 4.78 is 0. The number of hydrogen-bond donors (Lipinski definition) is 2. The molecule has 1 aromatic heterocycles. The second-order valence-corrected chi connectivity index (χ2v) is 8.15. The summed E-state index contributed by atoms with van der Waals surface area (Å²) >= 11 is 1.76. The van der Waals surface area contributed by atoms with Crippen LogP contribution in [0, 0.1) is 17.8 Å². The minimum absolute atomic E-state index is 0.0154. The molecule has 1 heterocycles. The molecule has 25 heavy (non-hydrogen) atoms. The zero-order valence-electron chi connectivity index (χ0n) is 14.1. The first-order valence-electron chi connectivity index (χ1n) is 8.89. The predicted molar refractivity (Wildman–Crippen MR) is 101 cm³/mol. The summed E-state index contributed by atoms with van der Waals surface area (Å²) in [4.78, 5) is 17.9. The number of anilines is 1. The number of nitrogens with one attached hydrogen (secondary N) is 1. The van der Waals surface area contributed by atoms with Gasteiger partial charge in [-0.15, -0.1) is 11.8 Å². The van der Waals surface area contributed by atoms with Gasteiger partial charge in [0, 0.05) is 34.8 Å². The van der Waals surface area contributed by atoms with Gasteiger partial charge in [0.15, 0.2) is 0 Å². The molecule has 4 unspecified atom stereocenters. The zero-order chi connectivity index (χ0) is 17.2. The summed E-state index contributed by atoms with van der Waals surface area (Å²) in [5, 5.41) is 3.06. The van der Waals surface area contributed by atoms with E-state index in [9.17, 15) is 4.79 Å². The highest BCUT2D eigenvalue weighted by Gasteiger charge is 2.49. The predicted octanol–water partition coefficient (Wildman–Crippen LogP) is 3.69. The van der Waals surface area contributed by atoms with Gasteiger partial charge < -0.3 is 11.1 Å². The molecule has 0 aliphatic heterocycles. The fourth-order valence-electron chi connectivity index (χ4n) is 4.24. The van der Waals surface area contributed by atoms with Crippen molar-refractivity contribution in [2.75, 3.05) is 5.32 Å². The largest absolute Gasteiger partial charge is 0.327 e. The van der Waals surface area contributed by atoms with Gasteiger partial charge in [0.2, 0.25) is 5.91 Å². The van der Waals surface area contributed by atoms with Gasteiger partial charge in [-0.1, -0.05) is 6.07 Å². The molecule has 2 aliphatic rings. The van der Waals surface area contributed by atoms with Crippen LogP contribution < -0.4 is 11.1 Å². The molecule has 2 fully saturated rings. The molecule has 5 heteroatoms. The summed E-state index contributed by atoms with van der Waals surface area (Å²) in [5.74, 6) is 2.00. The third kappa shape index (κ3) is 3.58. The first-order valence-corrected chi connectivity index (χ1v) is 9.87. The Morgan fingerprint density at radius 1 is 1.20 bits per heavy atom. The number of carbonyl (C=O) groups excluding carboxylic acids is 1. The van der Waals surface area contributed by atoms with E-state index in [0.717, 1.165) is 24.3 Å². The van der Waals surface area contributed by atoms with Crippen molar-refractivity contribution in [1.82, 2.24) is 4.98 Å². The first kappa shape index (κ1) is 16.6. The molecule has 4 atom stereocenters. The molecule has 4 nitrogen and oxygen atoms in total. The average Bonchev–Trinajstić information content (AvgIpc) is 3.23. The van der Waals surface area contributed by atoms with Crippen molar-refractivity contribution < 1.29 is 4.79 Å². The van der Waals surface area contributed by atoms with Crippen LogP contribution in [0.25, 0.3) is 0 Å². The van der Waals surface area contributed by atoms with E-state index in [1.54, 1.807) is 18.0 Å². The molecule has 0 radical (unpaired) electrons. The van der Waals surface area contributed by atoms with Gasteiger partial charge in [0.1, 0.15) is 0 Å². The van der Waals surface area contributed by atoms with Crippen molar-refractivity contribution in [3.05, 3.63) is 54.4 Å². The summed E-state index contributed by atoms with van der Waals surface area (Å²) in [6.07, 6.45) is 7.15. The molecule has 4 rings (SSSR count). The van der Waals surface area contributed by atoms with Crippen LogP contribution in [0.2, 0.25) is 0 Å². The number of nitrogens with zero attached hydrogens (tertiary/aromatic N) is 1. The van der Waals surface area contributed by atoms with Crippen molar-refractivity contribution in [1.29, 1.82) is 0 Å². The Morgan fingerprint density at radius 3 is 2.68 bits per heavy atom. The number of amides is 1. The first-order chi connectivity index (χ1) is 12.2. The summed E-state index contributed by atoms with van der Waals surface area (Å²) in [5.41, 5.74) is 8.32. The van der Waals surface area contributed by atoms with Crippen LogP contribution in [0.3, 0.4) is 0 Å². The zero-order valence-corrected chi connectivity index (χ0v) is 14.9. The van der Waals surface area contributed by atoms with Gasteiger partial charge in [0.05, 0.1) is 5.92 Å². The number of nitrogens with two attached hydrogens (primary N) is 1. The van der Waals surface area contributed by atoms with E-state index in [0.29, 0.717) is 11.8 Å². The maximum Gasteiger partial charge on any atom is 0.229 e. The van der Waals surface area contributed by atoms with E-state index in [-0.39, 0.29) is 17.9 Å². The number of rotatable bonds is 5. The van der Waals surface area contributed by atoms with E-state index in [4.69, 9.17) is 5.73 Å². The fraction of sp³-hybridized carbons (Fsp3) is 0.400. The molecular weight excluding hydrogens is 330 g/mol. The van der Waals surface area contributed by atoms with Crippen molar-refractivity contribution in [2.24, 2.45) is 23.5 Å². The normalized spacial score (nSPS) is 27.4. The Hall–Kier alpha value is -1.85. The lowest BCUT2D eigenvalue weighted by Gasteiger charge is -2.27. The topological polar surface area (TPSA) is 68.0 Å². The van der Waals surface area contributed by atoms with Crippen LogP contribution in [0.4, 0.5) is 5.69 Å². The molecule has 0 spiro atoms. The quantitative estimate of drug-likeness (QED) is 0.805. The van der Waals surface area contributed by atoms with Gasteiger partial charge >= 0.3 is 0 Å². The molecule has 2 aliphatic carbocycles. The number of hydrogen-bond acceptors (Lipinski definition) is 4. The molecule has 2 saturated carbocycles. The monoisotopic (exact) mass is 353 g/mol. The van der Waals surface area contributed by atoms with Crippen molar-refractivity contribution in [2.45, 2.75) is 36.0 Å². The van der Waals surface area contributed by atoms with Crippen LogP contribution in [0.5, 0.6) is 0 Å². The van der Waals surface area contributed by atoms with Gasteiger partial charge in [-0.3, -0.25) is 9.78 Å². The minimum Gasteiger partial charge on any atom is -0.327 e. The highest BCUT2D eigenvalue weighted by molar-refractivity contribution is 7.98. The summed E-state index contributed by atoms with van der Waals surface area (Å²) in [6, 6.07) is 12.1. The third-order valence-corrected chi connectivity index (χ3v) is 6.62. The molecule has 2 aromatic rings. The number of thioether (sulfide) groups is 1. The number of carbonyl (C=O) groups is 1. The van der Waals surface area contributed by atoms with Crippen LogP contribution in [0.1, 0.15) is 24.8 Å². The average molecular weight is 353 g/mol. The maximum atomic E-state index is 12.6. The second-order valence-electron chi connectivity index (χ2n) is 7.10. The lowest BCUT2D eigenvalue weighted by molar-refractivity contribution is -0.121. The smallest absolute Gasteiger partial charge is 0.229 e. The molecular formula is C20H23N3OS. The van der Waals surface area contributed by atoms with Gasteiger partial charge in [-0.25, -0.2) is 0 Å². The molecule has 0 saturated heterocycles. The minimum atomic E-state index is -0.0154. The van der Waals surface area contributed by atoms with Crippen LogP contribution in [-0.2, 0) is 10.5 Å². The van der Waals surface area contributed by atoms with Crippen LogP contribution in [0.15, 0.2) is 53.7 Å². The molecule has 3 N–H and O–H groups in total. The Kier molecular flexibility index (Phi) is 4.77. The highest BCUT2D eigenvalue weighted by Crippen LogP contribution is 2.47. The molecule has 2 bridgehead atoms. The van der Waals surface area contributed by atoms with Crippen LogP contribution in [-0.4, -0.2) is 16.9 Å². The van der Waals surface area contributed by atoms with E-state index >= 15 is 0 Å². The lowest BCUT2D eigenvalue weighted by atomic mass is 9.84. The van der Waals surface area contributed by atoms with E-state index in [1.165, 1.54) is 16.9 Å². The highest BCUT2D eigenvalue weighted by atomic mass is 32.2. The van der Waals surface area contributed by atoms with Crippen molar-refractivity contribution >= 4 is 23.4 Å². The number of pyridine rings is 1. The Balaban J connectivity index is 1.33. The lowest BCUT2D eigenvalue weighted by Crippen LogP contribution is -2.42. The standard InChI is InChI=1S/C20H23N3OS/c21-19-15-4-3-14(10-15)18(19)20(24)23-16-5-7-17(8-6-16)25-12-13-2-1-9-22-11-13/h1-2,5-9,11,14-15,18-19H,3-4,10,12,21H2,(H,23,24). The Bertz CT molecular complexity index is 732. The number of fused-ring (bicyclic) bond motifs is 2. The Labute approximate surface area is 152 Å². The van der Waals surface area contributed by atoms with Gasteiger partial charge in [-0.05, 0) is 67.0 Å². The second kappa shape index (κ2) is 7.18. The third-order valence-electron chi connectivity index (χ3n) is 5.53. The van der Waals surface area contributed by atoms with Crippen LogP contribution >= 0.6 is 11.8 Å². The maximum absolute atomic E-state index is 12.6. The molecule has 1 amide bonds. The molecule has 130 valence electrons. The van der Waals surface area contributed by atoms with E-state index < -0.39 is 0 Å².